The van der Waals surface area contributed by atoms with Crippen LogP contribution in [-0.4, -0.2) is 40.0 Å². The van der Waals surface area contributed by atoms with Crippen LogP contribution in [0.25, 0.3) is 0 Å². The summed E-state index contributed by atoms with van der Waals surface area (Å²) in [6.45, 7) is 0.523. The predicted octanol–water partition coefficient (Wildman–Crippen LogP) is 4.23. The fourth-order valence-corrected chi connectivity index (χ4v) is 2.97. The highest BCUT2D eigenvalue weighted by atomic mass is 16.7. The smallest absolute Gasteiger partial charge is 0.146 e. The highest BCUT2D eigenvalue weighted by Crippen LogP contribution is 2.18. The Kier molecular flexibility index (Phi) is 9.98. The summed E-state index contributed by atoms with van der Waals surface area (Å²) in [5.74, 6) is 0. The molecule has 2 aromatic carbocycles. The summed E-state index contributed by atoms with van der Waals surface area (Å²) in [7, 11) is 3.28. The van der Waals surface area contributed by atoms with Crippen molar-refractivity contribution in [3.05, 3.63) is 71.8 Å². The van der Waals surface area contributed by atoms with Crippen molar-refractivity contribution in [2.24, 2.45) is 0 Å². The summed E-state index contributed by atoms with van der Waals surface area (Å²) in [5.41, 5.74) is 2.60. The van der Waals surface area contributed by atoms with Crippen LogP contribution >= 0.6 is 0 Å². The molecule has 0 fully saturated rings. The van der Waals surface area contributed by atoms with E-state index in [1.807, 2.05) is 12.1 Å². The first-order valence-corrected chi connectivity index (χ1v) is 9.12. The number of benzene rings is 2. The molecular formula is C22H30O4. The number of rotatable bonds is 13. The van der Waals surface area contributed by atoms with Crippen LogP contribution in [0.3, 0.4) is 0 Å². The highest BCUT2D eigenvalue weighted by Gasteiger charge is 2.23. The van der Waals surface area contributed by atoms with Crippen molar-refractivity contribution in [1.29, 1.82) is 0 Å². The molecule has 2 atom stereocenters. The van der Waals surface area contributed by atoms with E-state index < -0.39 is 0 Å². The minimum absolute atomic E-state index is 0.0472. The summed E-state index contributed by atoms with van der Waals surface area (Å²) < 4.78 is 22.2. The quantitative estimate of drug-likeness (QED) is 0.502. The third-order valence-electron chi connectivity index (χ3n) is 4.34. The Morgan fingerprint density at radius 2 is 1.00 bits per heavy atom. The minimum atomic E-state index is -0.0472. The first-order valence-electron chi connectivity index (χ1n) is 9.12. The van der Waals surface area contributed by atoms with Crippen LogP contribution in [0.5, 0.6) is 0 Å². The maximum absolute atomic E-state index is 5.96. The second-order valence-corrected chi connectivity index (χ2v) is 6.27. The second kappa shape index (κ2) is 12.6. The molecule has 26 heavy (non-hydrogen) atoms. The Bertz CT molecular complexity index is 520. The summed E-state index contributed by atoms with van der Waals surface area (Å²) in [4.78, 5) is 0. The standard InChI is InChI=1S/C22H30O4/c1-23-17-25-21(15-13-19-9-5-3-6-10-19)22(26-18-24-2)16-14-20-11-7-4-8-12-20/h3-12,21-22H,13-18H2,1-2H3. The zero-order valence-corrected chi connectivity index (χ0v) is 15.8. The summed E-state index contributed by atoms with van der Waals surface area (Å²) in [5, 5.41) is 0. The molecule has 0 aliphatic heterocycles. The lowest BCUT2D eigenvalue weighted by atomic mass is 9.98. The Balaban J connectivity index is 1.98. The molecule has 0 aromatic heterocycles. The molecule has 0 radical (unpaired) electrons. The van der Waals surface area contributed by atoms with Gasteiger partial charge in [0, 0.05) is 14.2 Å². The Morgan fingerprint density at radius 1 is 0.615 bits per heavy atom. The minimum Gasteiger partial charge on any atom is -0.359 e. The topological polar surface area (TPSA) is 36.9 Å². The fraction of sp³-hybridized carbons (Fsp3) is 0.455. The van der Waals surface area contributed by atoms with Gasteiger partial charge in [0.1, 0.15) is 13.6 Å². The average Bonchev–Trinajstić information content (AvgIpc) is 2.70. The maximum atomic E-state index is 5.96. The van der Waals surface area contributed by atoms with Gasteiger partial charge >= 0.3 is 0 Å². The van der Waals surface area contributed by atoms with Gasteiger partial charge in [0.2, 0.25) is 0 Å². The van der Waals surface area contributed by atoms with Crippen molar-refractivity contribution in [1.82, 2.24) is 0 Å². The van der Waals surface area contributed by atoms with Crippen molar-refractivity contribution in [3.8, 4) is 0 Å². The molecule has 0 saturated heterocycles. The Labute approximate surface area is 157 Å². The molecule has 2 rings (SSSR count). The Hall–Kier alpha value is -1.72. The molecule has 2 aromatic rings. The van der Waals surface area contributed by atoms with Crippen molar-refractivity contribution in [2.45, 2.75) is 37.9 Å². The molecule has 142 valence electrons. The van der Waals surface area contributed by atoms with E-state index in [9.17, 15) is 0 Å². The molecule has 4 heteroatoms. The van der Waals surface area contributed by atoms with E-state index in [0.717, 1.165) is 25.7 Å². The average molecular weight is 358 g/mol. The van der Waals surface area contributed by atoms with Gasteiger partial charge in [-0.05, 0) is 36.8 Å². The zero-order valence-electron chi connectivity index (χ0n) is 15.8. The summed E-state index contributed by atoms with van der Waals surface area (Å²) in [6, 6.07) is 20.9. The van der Waals surface area contributed by atoms with Crippen LogP contribution in [0.4, 0.5) is 0 Å². The van der Waals surface area contributed by atoms with Crippen LogP contribution in [0.2, 0.25) is 0 Å². The molecule has 0 amide bonds. The molecule has 0 aliphatic rings. The summed E-state index contributed by atoms with van der Waals surface area (Å²) >= 11 is 0. The second-order valence-electron chi connectivity index (χ2n) is 6.27. The van der Waals surface area contributed by atoms with E-state index in [1.165, 1.54) is 11.1 Å². The highest BCUT2D eigenvalue weighted by molar-refractivity contribution is 5.16. The van der Waals surface area contributed by atoms with Crippen LogP contribution in [-0.2, 0) is 31.8 Å². The first-order chi connectivity index (χ1) is 12.8. The Morgan fingerprint density at radius 3 is 1.35 bits per heavy atom. The normalized spacial score (nSPS) is 13.5. The van der Waals surface area contributed by atoms with Crippen molar-refractivity contribution < 1.29 is 18.9 Å². The van der Waals surface area contributed by atoms with Crippen LogP contribution in [0, 0.1) is 0 Å². The molecule has 0 N–H and O–H groups in total. The molecule has 2 unspecified atom stereocenters. The van der Waals surface area contributed by atoms with Crippen molar-refractivity contribution >= 4 is 0 Å². The van der Waals surface area contributed by atoms with Crippen LogP contribution < -0.4 is 0 Å². The molecule has 0 saturated carbocycles. The molecule has 4 nitrogen and oxygen atoms in total. The first kappa shape index (κ1) is 20.6. The van der Waals surface area contributed by atoms with Gasteiger partial charge in [-0.2, -0.15) is 0 Å². The zero-order chi connectivity index (χ0) is 18.5. The van der Waals surface area contributed by atoms with Crippen molar-refractivity contribution in [2.75, 3.05) is 27.8 Å². The van der Waals surface area contributed by atoms with Gasteiger partial charge in [0.15, 0.2) is 0 Å². The van der Waals surface area contributed by atoms with E-state index in [2.05, 4.69) is 48.5 Å². The van der Waals surface area contributed by atoms with Crippen LogP contribution in [0.15, 0.2) is 60.7 Å². The lowest BCUT2D eigenvalue weighted by Gasteiger charge is -2.27. The van der Waals surface area contributed by atoms with E-state index in [0.29, 0.717) is 0 Å². The van der Waals surface area contributed by atoms with Gasteiger partial charge in [-0.3, -0.25) is 0 Å². The van der Waals surface area contributed by atoms with Gasteiger partial charge in [-0.1, -0.05) is 60.7 Å². The molecular weight excluding hydrogens is 328 g/mol. The maximum Gasteiger partial charge on any atom is 0.146 e. The largest absolute Gasteiger partial charge is 0.359 e. The van der Waals surface area contributed by atoms with Gasteiger partial charge in [0.25, 0.3) is 0 Å². The van der Waals surface area contributed by atoms with Gasteiger partial charge in [-0.25, -0.2) is 0 Å². The number of hydrogen-bond donors (Lipinski definition) is 0. The lowest BCUT2D eigenvalue weighted by molar-refractivity contribution is -0.160. The number of methoxy groups -OCH3 is 2. The van der Waals surface area contributed by atoms with E-state index in [1.54, 1.807) is 14.2 Å². The predicted molar refractivity (Wildman–Crippen MR) is 103 cm³/mol. The fourth-order valence-electron chi connectivity index (χ4n) is 2.97. The van der Waals surface area contributed by atoms with Gasteiger partial charge < -0.3 is 18.9 Å². The SMILES string of the molecule is COCOC(CCc1ccccc1)C(CCc1ccccc1)OCOC. The van der Waals surface area contributed by atoms with E-state index in [-0.39, 0.29) is 25.8 Å². The molecule has 0 spiro atoms. The van der Waals surface area contributed by atoms with Crippen LogP contribution in [0.1, 0.15) is 24.0 Å². The molecule has 0 aliphatic carbocycles. The monoisotopic (exact) mass is 358 g/mol. The third-order valence-corrected chi connectivity index (χ3v) is 4.34. The number of hydrogen-bond acceptors (Lipinski definition) is 4. The van der Waals surface area contributed by atoms with Gasteiger partial charge in [0.05, 0.1) is 12.2 Å². The number of aryl methyl sites for hydroxylation is 2. The molecule has 0 heterocycles. The van der Waals surface area contributed by atoms with Crippen molar-refractivity contribution in [3.63, 3.8) is 0 Å². The summed E-state index contributed by atoms with van der Waals surface area (Å²) in [6.07, 6.45) is 3.52. The van der Waals surface area contributed by atoms with Gasteiger partial charge in [-0.15, -0.1) is 0 Å². The van der Waals surface area contributed by atoms with E-state index >= 15 is 0 Å². The third kappa shape index (κ3) is 7.67. The molecule has 0 bridgehead atoms. The van der Waals surface area contributed by atoms with E-state index in [4.69, 9.17) is 18.9 Å². The lowest BCUT2D eigenvalue weighted by Crippen LogP contribution is -2.34. The number of ether oxygens (including phenoxy) is 4.